The number of carbonyl (C=O) groups is 1. The normalized spacial score (nSPS) is 21.0. The van der Waals surface area contributed by atoms with Crippen molar-refractivity contribution in [2.24, 2.45) is 11.7 Å². The van der Waals surface area contributed by atoms with Crippen LogP contribution in [-0.4, -0.2) is 28.0 Å². The molecule has 166 valence electrons. The van der Waals surface area contributed by atoms with Gasteiger partial charge in [-0.05, 0) is 73.9 Å². The Balaban J connectivity index is 1.62. The lowest BCUT2D eigenvalue weighted by molar-refractivity contribution is 0.0968. The third-order valence-corrected chi connectivity index (χ3v) is 6.55. The number of nitrogens with zero attached hydrogens (tertiary/aromatic N) is 1. The van der Waals surface area contributed by atoms with Crippen LogP contribution >= 0.6 is 0 Å². The van der Waals surface area contributed by atoms with Crippen LogP contribution in [0.15, 0.2) is 36.5 Å². The van der Waals surface area contributed by atoms with Gasteiger partial charge in [0.05, 0.1) is 16.8 Å². The van der Waals surface area contributed by atoms with E-state index in [0.717, 1.165) is 61.7 Å². The second-order valence-electron chi connectivity index (χ2n) is 8.96. The van der Waals surface area contributed by atoms with Crippen LogP contribution in [0.25, 0.3) is 22.0 Å². The second-order valence-corrected chi connectivity index (χ2v) is 8.96. The maximum absolute atomic E-state index is 14.0. The van der Waals surface area contributed by atoms with E-state index in [1.807, 2.05) is 0 Å². The topological polar surface area (TPSA) is 88.2 Å². The van der Waals surface area contributed by atoms with E-state index in [1.165, 1.54) is 0 Å². The van der Waals surface area contributed by atoms with Gasteiger partial charge in [-0.2, -0.15) is 0 Å². The molecule has 0 aliphatic heterocycles. The maximum Gasteiger partial charge on any atom is 0.187 e. The van der Waals surface area contributed by atoms with E-state index >= 15 is 0 Å². The molecule has 0 spiro atoms. The van der Waals surface area contributed by atoms with E-state index in [9.17, 15) is 18.7 Å². The molecule has 32 heavy (non-hydrogen) atoms. The SMILES string of the molecule is N[C@H]1CC[C@@H](Nc2c(C(=O)C3CC3)cnc3ccc(-c4cc(F)c(O)c(F)c4)cc23)CC1. The predicted octanol–water partition coefficient (Wildman–Crippen LogP) is 5.16. The number of hydrogen-bond donors (Lipinski definition) is 3. The van der Waals surface area contributed by atoms with Gasteiger partial charge >= 0.3 is 0 Å². The average Bonchev–Trinajstić information content (AvgIpc) is 3.63. The largest absolute Gasteiger partial charge is 0.503 e. The van der Waals surface area contributed by atoms with Crippen molar-refractivity contribution in [1.29, 1.82) is 0 Å². The van der Waals surface area contributed by atoms with Crippen LogP contribution < -0.4 is 11.1 Å². The van der Waals surface area contributed by atoms with Crippen LogP contribution in [0.2, 0.25) is 0 Å². The van der Waals surface area contributed by atoms with Crippen LogP contribution in [-0.2, 0) is 0 Å². The Morgan fingerprint density at radius 1 is 1.00 bits per heavy atom. The zero-order valence-corrected chi connectivity index (χ0v) is 17.6. The van der Waals surface area contributed by atoms with Crippen LogP contribution in [0, 0.1) is 17.6 Å². The minimum Gasteiger partial charge on any atom is -0.503 e. The molecule has 1 aromatic heterocycles. The Hall–Kier alpha value is -3.06. The Morgan fingerprint density at radius 2 is 1.69 bits per heavy atom. The number of fused-ring (bicyclic) bond motifs is 1. The summed E-state index contributed by atoms with van der Waals surface area (Å²) in [4.78, 5) is 17.5. The number of aromatic nitrogens is 1. The molecule has 4 N–H and O–H groups in total. The average molecular weight is 437 g/mol. The van der Waals surface area contributed by atoms with Gasteiger partial charge in [0.2, 0.25) is 0 Å². The lowest BCUT2D eigenvalue weighted by atomic mass is 9.91. The molecule has 0 unspecified atom stereocenters. The quantitative estimate of drug-likeness (QED) is 0.480. The number of ketones is 1. The fourth-order valence-corrected chi connectivity index (χ4v) is 4.48. The summed E-state index contributed by atoms with van der Waals surface area (Å²) in [6, 6.07) is 7.91. The highest BCUT2D eigenvalue weighted by Crippen LogP contribution is 2.39. The molecule has 2 aliphatic rings. The summed E-state index contributed by atoms with van der Waals surface area (Å²) in [5.74, 6) is -2.91. The van der Waals surface area contributed by atoms with Gasteiger partial charge in [-0.15, -0.1) is 0 Å². The molecule has 2 saturated carbocycles. The predicted molar refractivity (Wildman–Crippen MR) is 120 cm³/mol. The van der Waals surface area contributed by atoms with Crippen molar-refractivity contribution in [3.8, 4) is 16.9 Å². The van der Waals surface area contributed by atoms with Crippen molar-refractivity contribution >= 4 is 22.4 Å². The Labute approximate surface area is 184 Å². The van der Waals surface area contributed by atoms with Crippen molar-refractivity contribution < 1.29 is 18.7 Å². The number of phenolic OH excluding ortho intramolecular Hbond substituents is 1. The lowest BCUT2D eigenvalue weighted by Crippen LogP contribution is -2.33. The zero-order chi connectivity index (χ0) is 22.4. The first-order valence-electron chi connectivity index (χ1n) is 11.1. The summed E-state index contributed by atoms with van der Waals surface area (Å²) >= 11 is 0. The summed E-state index contributed by atoms with van der Waals surface area (Å²) in [5, 5.41) is 13.8. The van der Waals surface area contributed by atoms with Gasteiger partial charge in [0.15, 0.2) is 23.2 Å². The number of pyridine rings is 1. The summed E-state index contributed by atoms with van der Waals surface area (Å²) in [7, 11) is 0. The summed E-state index contributed by atoms with van der Waals surface area (Å²) in [6.07, 6.45) is 7.08. The monoisotopic (exact) mass is 437 g/mol. The van der Waals surface area contributed by atoms with Gasteiger partial charge in [-0.25, -0.2) is 8.78 Å². The van der Waals surface area contributed by atoms with E-state index in [-0.39, 0.29) is 23.8 Å². The molecular weight excluding hydrogens is 412 g/mol. The third-order valence-electron chi connectivity index (χ3n) is 6.55. The van der Waals surface area contributed by atoms with Crippen molar-refractivity contribution in [3.63, 3.8) is 0 Å². The fourth-order valence-electron chi connectivity index (χ4n) is 4.48. The first-order valence-corrected chi connectivity index (χ1v) is 11.1. The number of phenols is 1. The van der Waals surface area contributed by atoms with Crippen molar-refractivity contribution in [2.45, 2.75) is 50.6 Å². The molecule has 2 aliphatic carbocycles. The number of Topliss-reactive ketones (excluding diaryl/α,β-unsaturated/α-hetero) is 1. The van der Waals surface area contributed by atoms with E-state index in [2.05, 4.69) is 10.3 Å². The summed E-state index contributed by atoms with van der Waals surface area (Å²) in [6.45, 7) is 0. The van der Waals surface area contributed by atoms with E-state index < -0.39 is 17.4 Å². The molecule has 1 heterocycles. The van der Waals surface area contributed by atoms with Crippen molar-refractivity contribution in [3.05, 3.63) is 53.7 Å². The number of nitrogens with one attached hydrogen (secondary N) is 1. The van der Waals surface area contributed by atoms with Crippen LogP contribution in [0.4, 0.5) is 14.5 Å². The molecule has 0 radical (unpaired) electrons. The first-order chi connectivity index (χ1) is 15.4. The van der Waals surface area contributed by atoms with Gasteiger partial charge in [-0.1, -0.05) is 6.07 Å². The molecule has 0 bridgehead atoms. The summed E-state index contributed by atoms with van der Waals surface area (Å²) < 4.78 is 27.9. The van der Waals surface area contributed by atoms with Crippen LogP contribution in [0.5, 0.6) is 5.75 Å². The van der Waals surface area contributed by atoms with Gasteiger partial charge in [0.25, 0.3) is 0 Å². The number of aromatic hydroxyl groups is 1. The van der Waals surface area contributed by atoms with E-state index in [0.29, 0.717) is 22.2 Å². The number of benzene rings is 2. The van der Waals surface area contributed by atoms with Crippen LogP contribution in [0.1, 0.15) is 48.9 Å². The second kappa shape index (κ2) is 8.13. The molecule has 5 rings (SSSR count). The number of nitrogens with two attached hydrogens (primary N) is 1. The Morgan fingerprint density at radius 3 is 2.34 bits per heavy atom. The van der Waals surface area contributed by atoms with Gasteiger partial charge in [0.1, 0.15) is 0 Å². The molecule has 0 amide bonds. The van der Waals surface area contributed by atoms with E-state index in [4.69, 9.17) is 5.73 Å². The number of halogens is 2. The molecule has 0 atom stereocenters. The smallest absolute Gasteiger partial charge is 0.187 e. The molecule has 7 heteroatoms. The zero-order valence-electron chi connectivity index (χ0n) is 17.6. The Bertz CT molecular complexity index is 1180. The first kappa shape index (κ1) is 20.8. The molecular formula is C25H25F2N3O2. The van der Waals surface area contributed by atoms with Crippen LogP contribution in [0.3, 0.4) is 0 Å². The molecule has 3 aromatic rings. The third kappa shape index (κ3) is 3.93. The Kier molecular flexibility index (Phi) is 5.29. The molecule has 2 fully saturated rings. The standard InChI is InChI=1S/C25H25F2N3O2/c26-20-10-15(11-21(27)25(20)32)14-3-8-22-18(9-14)23(30-17-6-4-16(28)5-7-17)19(12-29-22)24(31)13-1-2-13/h3,8-13,16-17,32H,1-2,4-7,28H2,(H,29,30)/t16-,17+. The minimum atomic E-state index is -1.02. The van der Waals surface area contributed by atoms with Crippen molar-refractivity contribution in [2.75, 3.05) is 5.32 Å². The lowest BCUT2D eigenvalue weighted by Gasteiger charge is -2.29. The number of carbonyl (C=O) groups excluding carboxylic acids is 1. The maximum atomic E-state index is 14.0. The molecule has 5 nitrogen and oxygen atoms in total. The molecule has 0 saturated heterocycles. The molecule has 2 aromatic carbocycles. The van der Waals surface area contributed by atoms with Gasteiger partial charge in [-0.3, -0.25) is 9.78 Å². The number of anilines is 1. The highest BCUT2D eigenvalue weighted by atomic mass is 19.1. The highest BCUT2D eigenvalue weighted by Gasteiger charge is 2.33. The summed E-state index contributed by atoms with van der Waals surface area (Å²) in [5.41, 5.74) is 8.91. The number of hydrogen-bond acceptors (Lipinski definition) is 5. The fraction of sp³-hybridized carbons (Fsp3) is 0.360. The highest BCUT2D eigenvalue weighted by molar-refractivity contribution is 6.10. The van der Waals surface area contributed by atoms with Gasteiger partial charge in [0, 0.05) is 29.6 Å². The van der Waals surface area contributed by atoms with Crippen molar-refractivity contribution in [1.82, 2.24) is 4.98 Å². The number of rotatable bonds is 5. The minimum absolute atomic E-state index is 0.0399. The van der Waals surface area contributed by atoms with E-state index in [1.54, 1.807) is 24.4 Å². The van der Waals surface area contributed by atoms with Gasteiger partial charge < -0.3 is 16.2 Å².